The van der Waals surface area contributed by atoms with Crippen molar-refractivity contribution in [2.75, 3.05) is 7.05 Å². The Bertz CT molecular complexity index is 743. The average Bonchev–Trinajstić information content (AvgIpc) is 2.43. The summed E-state index contributed by atoms with van der Waals surface area (Å²) in [5.74, 6) is 0.878. The van der Waals surface area contributed by atoms with Crippen LogP contribution in [0.4, 0.5) is 0 Å². The minimum atomic E-state index is 0.528. The van der Waals surface area contributed by atoms with Crippen LogP contribution in [0.2, 0.25) is 0 Å². The Morgan fingerprint density at radius 2 is 2.00 bits per heavy atom. The molecule has 0 unspecified atom stereocenters. The number of fused-ring (bicyclic) bond motifs is 2. The van der Waals surface area contributed by atoms with Gasteiger partial charge in [0.25, 0.3) is 0 Å². The maximum absolute atomic E-state index is 5.94. The molecule has 2 aliphatic rings. The molecule has 1 aliphatic heterocycles. The number of nitrogens with two attached hydrogens (primary N) is 1. The van der Waals surface area contributed by atoms with E-state index in [4.69, 9.17) is 10.2 Å². The van der Waals surface area contributed by atoms with E-state index < -0.39 is 0 Å². The Balaban J connectivity index is 2.34. The van der Waals surface area contributed by atoms with E-state index in [1.807, 2.05) is 37.4 Å². The number of hydrogen-bond donors (Lipinski definition) is 2. The third-order valence-electron chi connectivity index (χ3n) is 3.15. The number of benzene rings is 2. The topological polar surface area (TPSA) is 53.1 Å². The summed E-state index contributed by atoms with van der Waals surface area (Å²) >= 11 is 0. The molecule has 0 amide bonds. The lowest BCUT2D eigenvalue weighted by atomic mass is 10.1. The third kappa shape index (κ3) is 1.79. The predicted octanol–water partition coefficient (Wildman–Crippen LogP) is 0.607. The van der Waals surface area contributed by atoms with Gasteiger partial charge in [-0.25, -0.2) is 4.99 Å². The van der Waals surface area contributed by atoms with Gasteiger partial charge in [0.1, 0.15) is 18.4 Å². The first-order valence-electron chi connectivity index (χ1n) is 5.97. The second kappa shape index (κ2) is 4.27. The highest BCUT2D eigenvalue weighted by atomic mass is 16.3. The maximum atomic E-state index is 5.94. The number of hydrogen-bond acceptors (Lipinski definition) is 2. The van der Waals surface area contributed by atoms with Gasteiger partial charge in [-0.1, -0.05) is 12.1 Å². The van der Waals surface area contributed by atoms with Gasteiger partial charge in [-0.05, 0) is 23.8 Å². The highest BCUT2D eigenvalue weighted by molar-refractivity contribution is 5.83. The third-order valence-corrected chi connectivity index (χ3v) is 3.15. The standard InChI is InChI=1S/C15H14N2O/c1-17-13-5-4-12-7-11-3-2-10(9-16)6-14(11)18-15(12)8-13/h2-8H,9,16H2,1H3/p+1. The number of nitrogens with one attached hydrogen (secondary N) is 1. The summed E-state index contributed by atoms with van der Waals surface area (Å²) in [5, 5.41) is 2.14. The van der Waals surface area contributed by atoms with Gasteiger partial charge in [-0.15, -0.1) is 0 Å². The van der Waals surface area contributed by atoms with E-state index in [1.165, 1.54) is 0 Å². The highest BCUT2D eigenvalue weighted by Gasteiger charge is 2.08. The second-order valence-corrected chi connectivity index (χ2v) is 4.33. The highest BCUT2D eigenvalue weighted by Crippen LogP contribution is 2.27. The lowest BCUT2D eigenvalue weighted by molar-refractivity contribution is -0.465. The summed E-state index contributed by atoms with van der Waals surface area (Å²) in [4.78, 5) is 3.11. The molecule has 3 nitrogen and oxygen atoms in total. The first kappa shape index (κ1) is 11.0. The van der Waals surface area contributed by atoms with E-state index in [0.29, 0.717) is 6.54 Å². The maximum Gasteiger partial charge on any atom is 0.201 e. The van der Waals surface area contributed by atoms with Crippen LogP contribution < -0.4 is 16.1 Å². The van der Waals surface area contributed by atoms with Crippen LogP contribution >= 0.6 is 0 Å². The molecule has 0 atom stereocenters. The molecule has 0 aromatic heterocycles. The molecule has 0 saturated heterocycles. The SMILES string of the molecule is C[NH+]=c1ccc2cc3ccc(CN)cc3oc-2c1. The van der Waals surface area contributed by atoms with Gasteiger partial charge in [-0.2, -0.15) is 0 Å². The molecule has 0 saturated carbocycles. The van der Waals surface area contributed by atoms with Crippen LogP contribution in [0.15, 0.2) is 46.9 Å². The van der Waals surface area contributed by atoms with Gasteiger partial charge >= 0.3 is 0 Å². The van der Waals surface area contributed by atoms with Gasteiger partial charge in [0.05, 0.1) is 6.07 Å². The van der Waals surface area contributed by atoms with Gasteiger partial charge in [-0.3, -0.25) is 0 Å². The summed E-state index contributed by atoms with van der Waals surface area (Å²) in [7, 11) is 1.90. The smallest absolute Gasteiger partial charge is 0.201 e. The molecule has 90 valence electrons. The van der Waals surface area contributed by atoms with Crippen molar-refractivity contribution in [3.05, 3.63) is 53.4 Å². The molecule has 0 bridgehead atoms. The van der Waals surface area contributed by atoms with Crippen LogP contribution in [0.3, 0.4) is 0 Å². The fourth-order valence-electron chi connectivity index (χ4n) is 2.10. The van der Waals surface area contributed by atoms with E-state index in [2.05, 4.69) is 17.1 Å². The molecule has 1 heterocycles. The van der Waals surface area contributed by atoms with Crippen molar-refractivity contribution in [3.8, 4) is 11.3 Å². The van der Waals surface area contributed by atoms with Gasteiger partial charge in [0, 0.05) is 23.6 Å². The van der Waals surface area contributed by atoms with Gasteiger partial charge < -0.3 is 10.2 Å². The number of rotatable bonds is 1. The average molecular weight is 239 g/mol. The molecule has 0 radical (unpaired) electrons. The molecule has 3 rings (SSSR count). The molecule has 3 heteroatoms. The molecule has 0 spiro atoms. The van der Waals surface area contributed by atoms with Crippen molar-refractivity contribution >= 4 is 11.0 Å². The Hall–Kier alpha value is -2.13. The minimum absolute atomic E-state index is 0.528. The zero-order chi connectivity index (χ0) is 12.5. The molecule has 1 aromatic rings. The summed E-state index contributed by atoms with van der Waals surface area (Å²) in [6.45, 7) is 0.528. The quantitative estimate of drug-likeness (QED) is 0.611. The molecular weight excluding hydrogens is 224 g/mol. The monoisotopic (exact) mass is 239 g/mol. The largest absolute Gasteiger partial charge is 0.456 e. The summed E-state index contributed by atoms with van der Waals surface area (Å²) in [6.07, 6.45) is 0. The fourth-order valence-corrected chi connectivity index (χ4v) is 2.10. The van der Waals surface area contributed by atoms with Crippen molar-refractivity contribution in [3.63, 3.8) is 0 Å². The van der Waals surface area contributed by atoms with E-state index in [9.17, 15) is 0 Å². The van der Waals surface area contributed by atoms with E-state index in [0.717, 1.165) is 33.2 Å². The van der Waals surface area contributed by atoms with Crippen LogP contribution in [0.25, 0.3) is 22.3 Å². The van der Waals surface area contributed by atoms with E-state index >= 15 is 0 Å². The summed E-state index contributed by atoms with van der Waals surface area (Å²) < 4.78 is 5.94. The Morgan fingerprint density at radius 3 is 2.78 bits per heavy atom. The zero-order valence-corrected chi connectivity index (χ0v) is 10.2. The molecule has 1 aliphatic carbocycles. The van der Waals surface area contributed by atoms with Crippen LogP contribution in [0, 0.1) is 0 Å². The second-order valence-electron chi connectivity index (χ2n) is 4.33. The minimum Gasteiger partial charge on any atom is -0.456 e. The molecule has 3 N–H and O–H groups in total. The van der Waals surface area contributed by atoms with Crippen molar-refractivity contribution in [2.24, 2.45) is 5.73 Å². The first-order valence-corrected chi connectivity index (χ1v) is 5.97. The van der Waals surface area contributed by atoms with Gasteiger partial charge in [0.2, 0.25) is 5.36 Å². The lowest BCUT2D eigenvalue weighted by Gasteiger charge is -2.07. The van der Waals surface area contributed by atoms with Gasteiger partial charge in [0.15, 0.2) is 0 Å². The fraction of sp³-hybridized carbons (Fsp3) is 0.133. The molecule has 18 heavy (non-hydrogen) atoms. The summed E-state index contributed by atoms with van der Waals surface area (Å²) in [5.41, 5.74) is 8.70. The zero-order valence-electron chi connectivity index (χ0n) is 10.2. The Morgan fingerprint density at radius 1 is 1.11 bits per heavy atom. The van der Waals surface area contributed by atoms with Crippen molar-refractivity contribution < 1.29 is 9.41 Å². The Labute approximate surface area is 105 Å². The van der Waals surface area contributed by atoms with Crippen LogP contribution in [-0.2, 0) is 6.54 Å². The normalized spacial score (nSPS) is 12.4. The molecule has 1 aromatic carbocycles. The Kier molecular flexibility index (Phi) is 2.61. The molecular formula is C15H15N2O+. The van der Waals surface area contributed by atoms with Crippen LogP contribution in [0.1, 0.15) is 5.56 Å². The predicted molar refractivity (Wildman–Crippen MR) is 70.7 cm³/mol. The van der Waals surface area contributed by atoms with E-state index in [-0.39, 0.29) is 0 Å². The van der Waals surface area contributed by atoms with Crippen LogP contribution in [-0.4, -0.2) is 7.05 Å². The van der Waals surface area contributed by atoms with Crippen molar-refractivity contribution in [1.29, 1.82) is 0 Å². The van der Waals surface area contributed by atoms with E-state index in [1.54, 1.807) is 0 Å². The lowest BCUT2D eigenvalue weighted by Crippen LogP contribution is -2.71. The van der Waals surface area contributed by atoms with Crippen LogP contribution in [0.5, 0.6) is 0 Å². The summed E-state index contributed by atoms with van der Waals surface area (Å²) in [6, 6.07) is 14.3. The first-order chi connectivity index (χ1) is 8.80. The van der Waals surface area contributed by atoms with Crippen molar-refractivity contribution in [1.82, 2.24) is 0 Å². The molecule has 0 fully saturated rings. The van der Waals surface area contributed by atoms with Crippen molar-refractivity contribution in [2.45, 2.75) is 6.54 Å².